The minimum absolute atomic E-state index is 0. The number of benzene rings is 1. The molecule has 1 rings (SSSR count). The zero-order chi connectivity index (χ0) is 6.69. The molecule has 0 amide bonds. The van der Waals surface area contributed by atoms with E-state index in [0.29, 0.717) is 5.56 Å². The zero-order valence-corrected chi connectivity index (χ0v) is 10.5. The smallest absolute Gasteiger partial charge is 0.0991 e. The number of halogens is 1. The van der Waals surface area contributed by atoms with Crippen LogP contribution in [-0.4, -0.2) is 0 Å². The normalized spacial score (nSPS) is 6.91. The number of hydrogen-bond acceptors (Lipinski definition) is 1. The summed E-state index contributed by atoms with van der Waals surface area (Å²) in [6.45, 7) is 0. The van der Waals surface area contributed by atoms with Gasteiger partial charge in [-0.25, -0.2) is 0 Å². The Kier molecular flexibility index (Phi) is 8.35. The topological polar surface area (TPSA) is 23.8 Å². The molecule has 0 aliphatic heterocycles. The van der Waals surface area contributed by atoms with Crippen molar-refractivity contribution >= 4 is 35.7 Å². The fourth-order valence-electron chi connectivity index (χ4n) is 0.524. The third-order valence-electron chi connectivity index (χ3n) is 0.973. The highest BCUT2D eigenvalue weighted by Gasteiger charge is 1.86. The quantitative estimate of drug-likeness (QED) is 0.648. The Morgan fingerprint density at radius 3 is 1.91 bits per heavy atom. The summed E-state index contributed by atoms with van der Waals surface area (Å²) in [4.78, 5) is 0. The minimum Gasteiger partial charge on any atom is -0.192 e. The standard InChI is InChI=1S/C7H4BrN.2H3P/c8-7-3-1-6(5-9)2-4-7;;/h1-4H;2*1H3. The van der Waals surface area contributed by atoms with Crippen molar-refractivity contribution in [3.05, 3.63) is 34.3 Å². The second kappa shape index (κ2) is 6.74. The summed E-state index contributed by atoms with van der Waals surface area (Å²) in [6.07, 6.45) is 0. The van der Waals surface area contributed by atoms with Crippen molar-refractivity contribution in [2.24, 2.45) is 0 Å². The van der Waals surface area contributed by atoms with Crippen LogP contribution in [0.2, 0.25) is 0 Å². The number of nitriles is 1. The first-order valence-corrected chi connectivity index (χ1v) is 3.28. The van der Waals surface area contributed by atoms with Crippen LogP contribution in [0.3, 0.4) is 0 Å². The first-order chi connectivity index (χ1) is 4.33. The van der Waals surface area contributed by atoms with Crippen molar-refractivity contribution in [1.29, 1.82) is 5.26 Å². The monoisotopic (exact) mass is 249 g/mol. The zero-order valence-electron chi connectivity index (χ0n) is 6.05. The van der Waals surface area contributed by atoms with E-state index in [4.69, 9.17) is 5.26 Å². The molecular weight excluding hydrogens is 240 g/mol. The van der Waals surface area contributed by atoms with Gasteiger partial charge in [0.15, 0.2) is 0 Å². The van der Waals surface area contributed by atoms with Crippen LogP contribution in [0.1, 0.15) is 5.56 Å². The molecule has 0 spiro atoms. The second-order valence-corrected chi connectivity index (χ2v) is 2.53. The SMILES string of the molecule is N#Cc1ccc(Br)cc1.P.P. The van der Waals surface area contributed by atoms with E-state index in [-0.39, 0.29) is 19.8 Å². The lowest BCUT2D eigenvalue weighted by Crippen LogP contribution is -1.69. The molecule has 0 radical (unpaired) electrons. The molecule has 1 aromatic rings. The van der Waals surface area contributed by atoms with Gasteiger partial charge in [0.1, 0.15) is 0 Å². The highest BCUT2D eigenvalue weighted by molar-refractivity contribution is 9.10. The summed E-state index contributed by atoms with van der Waals surface area (Å²) in [7, 11) is 0. The van der Waals surface area contributed by atoms with Crippen molar-refractivity contribution in [2.45, 2.75) is 0 Å². The third-order valence-corrected chi connectivity index (χ3v) is 1.50. The molecule has 1 nitrogen and oxygen atoms in total. The van der Waals surface area contributed by atoms with Gasteiger partial charge in [0.05, 0.1) is 11.6 Å². The first-order valence-electron chi connectivity index (χ1n) is 2.48. The highest BCUT2D eigenvalue weighted by Crippen LogP contribution is 2.08. The van der Waals surface area contributed by atoms with Crippen molar-refractivity contribution < 1.29 is 0 Å². The Morgan fingerprint density at radius 1 is 1.09 bits per heavy atom. The lowest BCUT2D eigenvalue weighted by Gasteiger charge is -1.86. The predicted octanol–water partition coefficient (Wildman–Crippen LogP) is 2.44. The summed E-state index contributed by atoms with van der Waals surface area (Å²) >= 11 is 3.27. The van der Waals surface area contributed by atoms with Crippen molar-refractivity contribution in [2.75, 3.05) is 0 Å². The van der Waals surface area contributed by atoms with Crippen LogP contribution in [0.25, 0.3) is 0 Å². The summed E-state index contributed by atoms with van der Waals surface area (Å²) < 4.78 is 1.00. The Labute approximate surface area is 81.6 Å². The van der Waals surface area contributed by atoms with Gasteiger partial charge in [0.2, 0.25) is 0 Å². The lowest BCUT2D eigenvalue weighted by molar-refractivity contribution is 1.48. The Bertz CT molecular complexity index is 240. The number of nitrogens with zero attached hydrogens (tertiary/aromatic N) is 1. The van der Waals surface area contributed by atoms with Crippen LogP contribution < -0.4 is 0 Å². The van der Waals surface area contributed by atoms with Gasteiger partial charge >= 0.3 is 0 Å². The molecule has 0 heterocycles. The van der Waals surface area contributed by atoms with Crippen LogP contribution in [0.5, 0.6) is 0 Å². The molecule has 2 unspecified atom stereocenters. The molecule has 0 saturated heterocycles. The fourth-order valence-corrected chi connectivity index (χ4v) is 0.789. The van der Waals surface area contributed by atoms with Gasteiger partial charge in [0, 0.05) is 4.47 Å². The van der Waals surface area contributed by atoms with Crippen molar-refractivity contribution in [3.63, 3.8) is 0 Å². The van der Waals surface area contributed by atoms with E-state index < -0.39 is 0 Å². The maximum Gasteiger partial charge on any atom is 0.0991 e. The van der Waals surface area contributed by atoms with E-state index >= 15 is 0 Å². The van der Waals surface area contributed by atoms with E-state index in [1.807, 2.05) is 18.2 Å². The molecule has 0 fully saturated rings. The van der Waals surface area contributed by atoms with Crippen LogP contribution in [0.4, 0.5) is 0 Å². The summed E-state index contributed by atoms with van der Waals surface area (Å²) in [5.74, 6) is 0. The Morgan fingerprint density at radius 2 is 1.55 bits per heavy atom. The van der Waals surface area contributed by atoms with Gasteiger partial charge in [-0.1, -0.05) is 15.9 Å². The molecule has 2 atom stereocenters. The average Bonchev–Trinajstić information content (AvgIpc) is 1.90. The largest absolute Gasteiger partial charge is 0.192 e. The summed E-state index contributed by atoms with van der Waals surface area (Å²) in [6, 6.07) is 9.26. The molecule has 60 valence electrons. The maximum atomic E-state index is 8.36. The molecule has 4 heteroatoms. The van der Waals surface area contributed by atoms with Crippen LogP contribution in [0.15, 0.2) is 28.7 Å². The van der Waals surface area contributed by atoms with Crippen molar-refractivity contribution in [3.8, 4) is 6.07 Å². The van der Waals surface area contributed by atoms with E-state index in [2.05, 4.69) is 15.9 Å². The van der Waals surface area contributed by atoms with E-state index in [9.17, 15) is 0 Å². The molecule has 0 aromatic heterocycles. The highest BCUT2D eigenvalue weighted by atomic mass is 79.9. The van der Waals surface area contributed by atoms with Crippen LogP contribution >= 0.6 is 35.7 Å². The third kappa shape index (κ3) is 4.49. The molecule has 0 bridgehead atoms. The molecule has 0 saturated carbocycles. The maximum absolute atomic E-state index is 8.36. The predicted molar refractivity (Wildman–Crippen MR) is 61.1 cm³/mol. The Balaban J connectivity index is 0. The van der Waals surface area contributed by atoms with Gasteiger partial charge in [-0.05, 0) is 24.3 Å². The summed E-state index contributed by atoms with van der Waals surface area (Å²) in [5.41, 5.74) is 0.693. The van der Waals surface area contributed by atoms with Crippen LogP contribution in [0, 0.1) is 11.3 Å². The van der Waals surface area contributed by atoms with Gasteiger partial charge in [-0.2, -0.15) is 25.1 Å². The van der Waals surface area contributed by atoms with E-state index in [0.717, 1.165) is 4.47 Å². The van der Waals surface area contributed by atoms with E-state index in [1.54, 1.807) is 12.1 Å². The first kappa shape index (κ1) is 13.6. The summed E-state index contributed by atoms with van der Waals surface area (Å²) in [5, 5.41) is 8.36. The number of hydrogen-bond donors (Lipinski definition) is 0. The van der Waals surface area contributed by atoms with Gasteiger partial charge in [-0.3, -0.25) is 0 Å². The Hall–Kier alpha value is 0.0500. The number of rotatable bonds is 0. The second-order valence-electron chi connectivity index (χ2n) is 1.62. The molecule has 1 aromatic carbocycles. The molecule has 0 N–H and O–H groups in total. The molecule has 0 aliphatic rings. The van der Waals surface area contributed by atoms with Gasteiger partial charge in [-0.15, -0.1) is 0 Å². The van der Waals surface area contributed by atoms with Gasteiger partial charge < -0.3 is 0 Å². The molecule has 11 heavy (non-hydrogen) atoms. The average molecular weight is 250 g/mol. The molecule has 0 aliphatic carbocycles. The van der Waals surface area contributed by atoms with Crippen LogP contribution in [-0.2, 0) is 0 Å². The minimum atomic E-state index is 0. The fraction of sp³-hybridized carbons (Fsp3) is 0. The molecular formula is C7H10BrNP2. The van der Waals surface area contributed by atoms with Crippen molar-refractivity contribution in [1.82, 2.24) is 0 Å². The van der Waals surface area contributed by atoms with E-state index in [1.165, 1.54) is 0 Å². The van der Waals surface area contributed by atoms with Gasteiger partial charge in [0.25, 0.3) is 0 Å². The lowest BCUT2D eigenvalue weighted by atomic mass is 10.2.